The summed E-state index contributed by atoms with van der Waals surface area (Å²) in [6.07, 6.45) is 5.47. The Morgan fingerprint density at radius 2 is 2.50 bits per heavy atom. The monoisotopic (exact) mass is 166 g/mol. The van der Waals surface area contributed by atoms with Gasteiger partial charge >= 0.3 is 5.97 Å². The summed E-state index contributed by atoms with van der Waals surface area (Å²) in [5.74, 6) is -0.255. The Balaban J connectivity index is 2.07. The maximum Gasteiger partial charge on any atom is 0.336 e. The fraction of sp³-hybridized carbons (Fsp3) is 0.444. The summed E-state index contributed by atoms with van der Waals surface area (Å²) in [5.41, 5.74) is 0.643. The van der Waals surface area contributed by atoms with Crippen LogP contribution in [0.25, 0.3) is 0 Å². The number of fused-ring (bicyclic) bond motifs is 2. The van der Waals surface area contributed by atoms with E-state index in [0.717, 1.165) is 0 Å². The van der Waals surface area contributed by atoms with E-state index >= 15 is 0 Å². The van der Waals surface area contributed by atoms with E-state index in [-0.39, 0.29) is 18.2 Å². The minimum Gasteiger partial charge on any atom is -0.463 e. The van der Waals surface area contributed by atoms with Gasteiger partial charge in [0.25, 0.3) is 0 Å². The zero-order valence-electron chi connectivity index (χ0n) is 6.82. The molecule has 12 heavy (non-hydrogen) atoms. The van der Waals surface area contributed by atoms with Gasteiger partial charge in [-0.2, -0.15) is 0 Å². The molecule has 0 saturated heterocycles. The third-order valence-electron chi connectivity index (χ3n) is 1.94. The Kier molecular flexibility index (Phi) is 1.73. The van der Waals surface area contributed by atoms with E-state index in [4.69, 9.17) is 9.47 Å². The van der Waals surface area contributed by atoms with Gasteiger partial charge < -0.3 is 9.47 Å². The summed E-state index contributed by atoms with van der Waals surface area (Å²) >= 11 is 0. The second-order valence-corrected chi connectivity index (χ2v) is 2.75. The third kappa shape index (κ3) is 1.06. The first kappa shape index (κ1) is 7.55. The molecule has 0 fully saturated rings. The number of hydrogen-bond donors (Lipinski definition) is 0. The molecule has 2 atom stereocenters. The molecule has 0 spiro atoms. The van der Waals surface area contributed by atoms with Crippen molar-refractivity contribution in [1.82, 2.24) is 0 Å². The molecule has 64 valence electrons. The molecule has 0 saturated carbocycles. The molecule has 2 unspecified atom stereocenters. The average Bonchev–Trinajstić information content (AvgIpc) is 2.64. The van der Waals surface area contributed by atoms with Gasteiger partial charge in [-0.25, -0.2) is 4.79 Å². The smallest absolute Gasteiger partial charge is 0.336 e. The quantitative estimate of drug-likeness (QED) is 0.450. The van der Waals surface area contributed by atoms with Gasteiger partial charge in [0.05, 0.1) is 18.3 Å². The molecule has 0 aliphatic carbocycles. The SMILES string of the molecule is CCOC(=O)C1=CC2C=CC1O2. The van der Waals surface area contributed by atoms with Gasteiger partial charge in [0, 0.05) is 0 Å². The van der Waals surface area contributed by atoms with Crippen LogP contribution >= 0.6 is 0 Å². The summed E-state index contributed by atoms with van der Waals surface area (Å²) in [5, 5.41) is 0. The molecule has 0 N–H and O–H groups in total. The van der Waals surface area contributed by atoms with Crippen molar-refractivity contribution in [3.8, 4) is 0 Å². The van der Waals surface area contributed by atoms with Crippen molar-refractivity contribution in [2.45, 2.75) is 19.1 Å². The first-order valence-electron chi connectivity index (χ1n) is 4.04. The first-order chi connectivity index (χ1) is 5.81. The summed E-state index contributed by atoms with van der Waals surface area (Å²) in [7, 11) is 0. The van der Waals surface area contributed by atoms with Gasteiger partial charge in [0.15, 0.2) is 0 Å². The van der Waals surface area contributed by atoms with Crippen molar-refractivity contribution >= 4 is 5.97 Å². The standard InChI is InChI=1S/C9H10O3/c1-2-11-9(10)7-5-6-3-4-8(7)12-6/h3-6,8H,2H2,1H3. The highest BCUT2D eigenvalue weighted by Gasteiger charge is 2.33. The van der Waals surface area contributed by atoms with Crippen molar-refractivity contribution in [3.05, 3.63) is 23.8 Å². The molecule has 0 amide bonds. The average molecular weight is 166 g/mol. The first-order valence-corrected chi connectivity index (χ1v) is 4.04. The van der Waals surface area contributed by atoms with Gasteiger partial charge in [0.1, 0.15) is 6.10 Å². The van der Waals surface area contributed by atoms with E-state index in [0.29, 0.717) is 12.2 Å². The normalized spacial score (nSPS) is 30.6. The molecule has 0 aromatic heterocycles. The van der Waals surface area contributed by atoms with Crippen LogP contribution in [0.1, 0.15) is 6.92 Å². The lowest BCUT2D eigenvalue weighted by atomic mass is 10.1. The van der Waals surface area contributed by atoms with Gasteiger partial charge in [-0.05, 0) is 13.0 Å². The molecule has 2 rings (SSSR count). The van der Waals surface area contributed by atoms with Gasteiger partial charge in [-0.15, -0.1) is 0 Å². The fourth-order valence-electron chi connectivity index (χ4n) is 1.41. The van der Waals surface area contributed by atoms with Crippen LogP contribution in [0.5, 0.6) is 0 Å². The zero-order valence-corrected chi connectivity index (χ0v) is 6.82. The van der Waals surface area contributed by atoms with E-state index < -0.39 is 0 Å². The molecule has 2 aliphatic rings. The van der Waals surface area contributed by atoms with Crippen LogP contribution in [0.4, 0.5) is 0 Å². The van der Waals surface area contributed by atoms with Crippen molar-refractivity contribution in [3.63, 3.8) is 0 Å². The van der Waals surface area contributed by atoms with E-state index in [1.807, 2.05) is 18.2 Å². The Hall–Kier alpha value is -1.09. The summed E-state index contributed by atoms with van der Waals surface area (Å²) in [6, 6.07) is 0. The number of carbonyl (C=O) groups excluding carboxylic acids is 1. The second-order valence-electron chi connectivity index (χ2n) is 2.75. The number of esters is 1. The molecule has 3 nitrogen and oxygen atoms in total. The Bertz CT molecular complexity index is 265. The molecule has 2 bridgehead atoms. The largest absolute Gasteiger partial charge is 0.463 e. The molecule has 0 aromatic carbocycles. The Morgan fingerprint density at radius 1 is 1.67 bits per heavy atom. The van der Waals surface area contributed by atoms with Crippen LogP contribution in [0.3, 0.4) is 0 Å². The van der Waals surface area contributed by atoms with Crippen LogP contribution in [-0.4, -0.2) is 24.8 Å². The van der Waals surface area contributed by atoms with Gasteiger partial charge in [-0.1, -0.05) is 12.2 Å². The molecule has 0 radical (unpaired) electrons. The number of carbonyl (C=O) groups is 1. The van der Waals surface area contributed by atoms with Crippen molar-refractivity contribution in [1.29, 1.82) is 0 Å². The third-order valence-corrected chi connectivity index (χ3v) is 1.94. The molecule has 2 heterocycles. The molecule has 0 aromatic rings. The van der Waals surface area contributed by atoms with Crippen LogP contribution in [0.2, 0.25) is 0 Å². The Morgan fingerprint density at radius 3 is 3.00 bits per heavy atom. The Labute approximate surface area is 70.7 Å². The summed E-state index contributed by atoms with van der Waals surface area (Å²) in [6.45, 7) is 2.21. The van der Waals surface area contributed by atoms with Gasteiger partial charge in [-0.3, -0.25) is 0 Å². The minimum atomic E-state index is -0.255. The number of hydrogen-bond acceptors (Lipinski definition) is 3. The van der Waals surface area contributed by atoms with Crippen LogP contribution in [0, 0.1) is 0 Å². The molecular formula is C9H10O3. The predicted octanol–water partition coefficient (Wildman–Crippen LogP) is 0.813. The van der Waals surface area contributed by atoms with Crippen LogP contribution in [0.15, 0.2) is 23.8 Å². The fourth-order valence-corrected chi connectivity index (χ4v) is 1.41. The molecule has 2 aliphatic heterocycles. The number of ether oxygens (including phenoxy) is 2. The van der Waals surface area contributed by atoms with E-state index in [2.05, 4.69) is 0 Å². The molecular weight excluding hydrogens is 156 g/mol. The minimum absolute atomic E-state index is 0.00518. The van der Waals surface area contributed by atoms with Crippen LogP contribution in [-0.2, 0) is 14.3 Å². The second kappa shape index (κ2) is 2.75. The van der Waals surface area contributed by atoms with Gasteiger partial charge in [0.2, 0.25) is 0 Å². The van der Waals surface area contributed by atoms with Crippen LogP contribution < -0.4 is 0 Å². The van der Waals surface area contributed by atoms with Crippen molar-refractivity contribution < 1.29 is 14.3 Å². The maximum atomic E-state index is 11.2. The van der Waals surface area contributed by atoms with Crippen molar-refractivity contribution in [2.75, 3.05) is 6.61 Å². The summed E-state index contributed by atoms with van der Waals surface area (Å²) < 4.78 is 10.2. The van der Waals surface area contributed by atoms with E-state index in [9.17, 15) is 4.79 Å². The van der Waals surface area contributed by atoms with E-state index in [1.54, 1.807) is 6.92 Å². The zero-order chi connectivity index (χ0) is 8.55. The predicted molar refractivity (Wildman–Crippen MR) is 42.5 cm³/mol. The molecule has 3 heteroatoms. The van der Waals surface area contributed by atoms with E-state index in [1.165, 1.54) is 0 Å². The highest BCUT2D eigenvalue weighted by atomic mass is 16.5. The highest BCUT2D eigenvalue weighted by Crippen LogP contribution is 2.28. The lowest BCUT2D eigenvalue weighted by Crippen LogP contribution is -2.15. The number of rotatable bonds is 2. The lowest BCUT2D eigenvalue weighted by Gasteiger charge is -2.06. The topological polar surface area (TPSA) is 35.5 Å². The van der Waals surface area contributed by atoms with Crippen molar-refractivity contribution in [2.24, 2.45) is 0 Å². The highest BCUT2D eigenvalue weighted by molar-refractivity contribution is 5.91. The lowest BCUT2D eigenvalue weighted by molar-refractivity contribution is -0.139. The summed E-state index contributed by atoms with van der Waals surface area (Å²) in [4.78, 5) is 11.2. The maximum absolute atomic E-state index is 11.2.